The van der Waals surface area contributed by atoms with Gasteiger partial charge in [0.25, 0.3) is 0 Å². The molecule has 0 atom stereocenters. The monoisotopic (exact) mass is 287 g/mol. The van der Waals surface area contributed by atoms with Crippen LogP contribution in [0.5, 0.6) is 5.75 Å². The van der Waals surface area contributed by atoms with Gasteiger partial charge in [0.15, 0.2) is 0 Å². The molecule has 0 radical (unpaired) electrons. The van der Waals surface area contributed by atoms with Crippen LogP contribution in [-0.4, -0.2) is 24.7 Å². The first-order chi connectivity index (χ1) is 7.67. The Morgan fingerprint density at radius 1 is 1.62 bits per heavy atom. The summed E-state index contributed by atoms with van der Waals surface area (Å²) in [5.41, 5.74) is 6.27. The molecule has 0 aliphatic rings. The quantitative estimate of drug-likeness (QED) is 0.335. The summed E-state index contributed by atoms with van der Waals surface area (Å²) in [6.07, 6.45) is 0.481. The van der Waals surface area contributed by atoms with Crippen LogP contribution in [0, 0.1) is 0 Å². The number of nitrogens with one attached hydrogen (secondary N) is 1. The molecule has 0 unspecified atom stereocenters. The van der Waals surface area contributed by atoms with Gasteiger partial charge in [-0.05, 0) is 28.1 Å². The first kappa shape index (κ1) is 12.6. The van der Waals surface area contributed by atoms with Gasteiger partial charge in [0.05, 0.1) is 11.6 Å². The Balaban J connectivity index is 2.54. The highest BCUT2D eigenvalue weighted by atomic mass is 79.9. The second-order valence-electron chi connectivity index (χ2n) is 3.12. The van der Waals surface area contributed by atoms with E-state index in [1.165, 1.54) is 0 Å². The number of oxime groups is 1. The number of ether oxygens (including phenoxy) is 1. The number of halogens is 1. The zero-order valence-corrected chi connectivity index (χ0v) is 10.5. The van der Waals surface area contributed by atoms with Crippen molar-refractivity contribution in [2.24, 2.45) is 10.9 Å². The molecule has 6 heteroatoms. The fourth-order valence-electron chi connectivity index (χ4n) is 1.15. The minimum absolute atomic E-state index is 0.205. The lowest BCUT2D eigenvalue weighted by Crippen LogP contribution is -2.16. The van der Waals surface area contributed by atoms with E-state index in [1.54, 1.807) is 7.11 Å². The van der Waals surface area contributed by atoms with Gasteiger partial charge in [0, 0.05) is 24.7 Å². The predicted octanol–water partition coefficient (Wildman–Crippen LogP) is 2.01. The number of anilines is 1. The third kappa shape index (κ3) is 3.62. The standard InChI is InChI=1S/C10H14BrN3O2/c1-16-9-6-7(2-3-8(9)11)13-5-4-10(12)14-15/h2-3,6,13,15H,4-5H2,1H3,(H2,12,14). The topological polar surface area (TPSA) is 79.9 Å². The van der Waals surface area contributed by atoms with Crippen molar-refractivity contribution in [1.82, 2.24) is 0 Å². The number of methoxy groups -OCH3 is 1. The van der Waals surface area contributed by atoms with Crippen molar-refractivity contribution in [3.05, 3.63) is 22.7 Å². The van der Waals surface area contributed by atoms with Gasteiger partial charge in [0.2, 0.25) is 0 Å². The van der Waals surface area contributed by atoms with E-state index in [4.69, 9.17) is 15.7 Å². The smallest absolute Gasteiger partial charge is 0.140 e. The van der Waals surface area contributed by atoms with Gasteiger partial charge in [0.1, 0.15) is 11.6 Å². The molecule has 0 heterocycles. The summed E-state index contributed by atoms with van der Waals surface area (Å²) in [6, 6.07) is 5.68. The second kappa shape index (κ2) is 6.22. The largest absolute Gasteiger partial charge is 0.495 e. The summed E-state index contributed by atoms with van der Waals surface area (Å²) < 4.78 is 6.06. The second-order valence-corrected chi connectivity index (χ2v) is 3.97. The van der Waals surface area contributed by atoms with E-state index >= 15 is 0 Å². The molecule has 1 aromatic rings. The molecule has 0 fully saturated rings. The highest BCUT2D eigenvalue weighted by Gasteiger charge is 2.01. The van der Waals surface area contributed by atoms with Gasteiger partial charge in [-0.25, -0.2) is 0 Å². The normalized spacial score (nSPS) is 11.2. The van der Waals surface area contributed by atoms with E-state index in [2.05, 4.69) is 26.4 Å². The molecular weight excluding hydrogens is 274 g/mol. The SMILES string of the molecule is COc1cc(NCC/C(N)=N/O)ccc1Br. The Kier molecular flexibility index (Phi) is 4.91. The summed E-state index contributed by atoms with van der Waals surface area (Å²) in [7, 11) is 1.61. The minimum atomic E-state index is 0.205. The average Bonchev–Trinajstić information content (AvgIpc) is 2.31. The molecule has 0 aliphatic heterocycles. The van der Waals surface area contributed by atoms with Gasteiger partial charge in [-0.1, -0.05) is 5.16 Å². The van der Waals surface area contributed by atoms with E-state index in [9.17, 15) is 0 Å². The summed E-state index contributed by atoms with van der Waals surface area (Å²) in [5.74, 6) is 0.963. The van der Waals surface area contributed by atoms with Crippen molar-refractivity contribution < 1.29 is 9.94 Å². The average molecular weight is 288 g/mol. The van der Waals surface area contributed by atoms with Crippen LogP contribution < -0.4 is 15.8 Å². The van der Waals surface area contributed by atoms with Crippen molar-refractivity contribution in [1.29, 1.82) is 0 Å². The van der Waals surface area contributed by atoms with E-state index in [0.29, 0.717) is 13.0 Å². The highest BCUT2D eigenvalue weighted by molar-refractivity contribution is 9.10. The molecule has 0 saturated heterocycles. The van der Waals surface area contributed by atoms with Gasteiger partial charge in [-0.2, -0.15) is 0 Å². The van der Waals surface area contributed by atoms with Crippen molar-refractivity contribution >= 4 is 27.5 Å². The van der Waals surface area contributed by atoms with Crippen molar-refractivity contribution in [3.63, 3.8) is 0 Å². The van der Waals surface area contributed by atoms with Gasteiger partial charge in [-0.15, -0.1) is 0 Å². The zero-order valence-electron chi connectivity index (χ0n) is 8.90. The number of benzene rings is 1. The minimum Gasteiger partial charge on any atom is -0.495 e. The number of hydrogen-bond donors (Lipinski definition) is 3. The first-order valence-electron chi connectivity index (χ1n) is 4.71. The summed E-state index contributed by atoms with van der Waals surface area (Å²) in [6.45, 7) is 0.598. The molecule has 88 valence electrons. The van der Waals surface area contributed by atoms with Crippen molar-refractivity contribution in [3.8, 4) is 5.75 Å². The van der Waals surface area contributed by atoms with E-state index < -0.39 is 0 Å². The van der Waals surface area contributed by atoms with Crippen molar-refractivity contribution in [2.75, 3.05) is 19.0 Å². The fourth-order valence-corrected chi connectivity index (χ4v) is 1.56. The van der Waals surface area contributed by atoms with Crippen LogP contribution in [-0.2, 0) is 0 Å². The van der Waals surface area contributed by atoms with Crippen molar-refractivity contribution in [2.45, 2.75) is 6.42 Å². The molecule has 1 aromatic carbocycles. The highest BCUT2D eigenvalue weighted by Crippen LogP contribution is 2.27. The van der Waals surface area contributed by atoms with Crippen LogP contribution in [0.4, 0.5) is 5.69 Å². The van der Waals surface area contributed by atoms with Crippen LogP contribution in [0.25, 0.3) is 0 Å². The summed E-state index contributed by atoms with van der Waals surface area (Å²) in [4.78, 5) is 0. The number of hydrogen-bond acceptors (Lipinski definition) is 4. The molecule has 0 amide bonds. The Bertz CT molecular complexity index is 382. The molecule has 0 spiro atoms. The molecule has 0 bridgehead atoms. The van der Waals surface area contributed by atoms with Gasteiger partial charge in [-0.3, -0.25) is 0 Å². The molecular formula is C10H14BrN3O2. The molecule has 16 heavy (non-hydrogen) atoms. The summed E-state index contributed by atoms with van der Waals surface area (Å²) >= 11 is 3.37. The molecule has 0 aromatic heterocycles. The molecule has 1 rings (SSSR count). The molecule has 4 N–H and O–H groups in total. The summed E-state index contributed by atoms with van der Waals surface area (Å²) in [5, 5.41) is 14.4. The van der Waals surface area contributed by atoms with Crippen LogP contribution in [0.1, 0.15) is 6.42 Å². The number of amidine groups is 1. The Morgan fingerprint density at radius 3 is 3.00 bits per heavy atom. The molecule has 0 aliphatic carbocycles. The van der Waals surface area contributed by atoms with Gasteiger partial charge >= 0.3 is 0 Å². The molecule has 5 nitrogen and oxygen atoms in total. The van der Waals surface area contributed by atoms with E-state index in [1.807, 2.05) is 18.2 Å². The van der Waals surface area contributed by atoms with Gasteiger partial charge < -0.3 is 21.0 Å². The van der Waals surface area contributed by atoms with E-state index in [0.717, 1.165) is 15.9 Å². The Morgan fingerprint density at radius 2 is 2.38 bits per heavy atom. The maximum absolute atomic E-state index is 8.36. The predicted molar refractivity (Wildman–Crippen MR) is 67.2 cm³/mol. The first-order valence-corrected chi connectivity index (χ1v) is 5.50. The maximum atomic E-state index is 8.36. The van der Waals surface area contributed by atoms with E-state index in [-0.39, 0.29) is 5.84 Å². The van der Waals surface area contributed by atoms with Crippen LogP contribution in [0.2, 0.25) is 0 Å². The number of nitrogens with zero attached hydrogens (tertiary/aromatic N) is 1. The Hall–Kier alpha value is -1.43. The lowest BCUT2D eigenvalue weighted by Gasteiger charge is -2.08. The van der Waals surface area contributed by atoms with Crippen LogP contribution in [0.15, 0.2) is 27.8 Å². The lowest BCUT2D eigenvalue weighted by molar-refractivity contribution is 0.317. The Labute approximate surface area is 102 Å². The number of nitrogens with two attached hydrogens (primary N) is 1. The third-order valence-electron chi connectivity index (χ3n) is 1.99. The lowest BCUT2D eigenvalue weighted by atomic mass is 10.3. The zero-order chi connectivity index (χ0) is 12.0. The van der Waals surface area contributed by atoms with Crippen LogP contribution in [0.3, 0.4) is 0 Å². The maximum Gasteiger partial charge on any atom is 0.140 e. The fraction of sp³-hybridized carbons (Fsp3) is 0.300. The third-order valence-corrected chi connectivity index (χ3v) is 2.64. The number of rotatable bonds is 5. The molecule has 0 saturated carbocycles. The van der Waals surface area contributed by atoms with Crippen LogP contribution >= 0.6 is 15.9 Å².